The Kier molecular flexibility index (Phi) is 3.15. The maximum absolute atomic E-state index is 12.7. The Bertz CT molecular complexity index is 512. The number of hydrazine groups is 1. The lowest BCUT2D eigenvalue weighted by Crippen LogP contribution is -2.11. The van der Waals surface area contributed by atoms with Crippen molar-refractivity contribution in [3.8, 4) is 0 Å². The molecule has 88 valence electrons. The Morgan fingerprint density at radius 1 is 1.12 bits per heavy atom. The lowest BCUT2D eigenvalue weighted by Gasteiger charge is -2.10. The summed E-state index contributed by atoms with van der Waals surface area (Å²) in [7, 11) is 0. The van der Waals surface area contributed by atoms with Gasteiger partial charge in [-0.2, -0.15) is 0 Å². The van der Waals surface area contributed by atoms with E-state index >= 15 is 0 Å². The molecule has 0 bridgehead atoms. The van der Waals surface area contributed by atoms with Crippen molar-refractivity contribution in [2.45, 2.75) is 6.92 Å². The highest BCUT2D eigenvalue weighted by Gasteiger charge is 2.05. The van der Waals surface area contributed by atoms with E-state index in [1.807, 2.05) is 6.92 Å². The van der Waals surface area contributed by atoms with Gasteiger partial charge in [0.2, 0.25) is 0 Å². The van der Waals surface area contributed by atoms with Crippen molar-refractivity contribution in [3.63, 3.8) is 0 Å². The van der Waals surface area contributed by atoms with Crippen LogP contribution >= 0.6 is 0 Å². The van der Waals surface area contributed by atoms with Crippen molar-refractivity contribution in [1.82, 2.24) is 9.97 Å². The number of anilines is 3. The molecule has 0 aliphatic carbocycles. The van der Waals surface area contributed by atoms with Gasteiger partial charge in [0.05, 0.1) is 0 Å². The number of nitrogen functional groups attached to an aromatic ring is 1. The van der Waals surface area contributed by atoms with E-state index in [9.17, 15) is 4.39 Å². The number of rotatable bonds is 3. The minimum Gasteiger partial charge on any atom is -0.340 e. The molecule has 2 aromatic rings. The normalized spacial score (nSPS) is 10.1. The van der Waals surface area contributed by atoms with Gasteiger partial charge >= 0.3 is 0 Å². The summed E-state index contributed by atoms with van der Waals surface area (Å²) >= 11 is 0. The molecule has 1 aromatic heterocycles. The van der Waals surface area contributed by atoms with E-state index in [0.717, 1.165) is 11.3 Å². The zero-order valence-electron chi connectivity index (χ0n) is 9.24. The molecule has 17 heavy (non-hydrogen) atoms. The topological polar surface area (TPSA) is 75.9 Å². The second-order valence-electron chi connectivity index (χ2n) is 3.47. The second kappa shape index (κ2) is 4.75. The molecule has 5 nitrogen and oxygen atoms in total. The zero-order chi connectivity index (χ0) is 12.3. The van der Waals surface area contributed by atoms with Crippen molar-refractivity contribution in [2.75, 3.05) is 10.7 Å². The van der Waals surface area contributed by atoms with Gasteiger partial charge in [-0.3, -0.25) is 0 Å². The minimum atomic E-state index is -0.278. The Hall–Kier alpha value is -2.21. The van der Waals surface area contributed by atoms with E-state index in [4.69, 9.17) is 5.84 Å². The molecular weight excluding hydrogens is 221 g/mol. The highest BCUT2D eigenvalue weighted by Crippen LogP contribution is 2.21. The van der Waals surface area contributed by atoms with Gasteiger partial charge in [0.25, 0.3) is 0 Å². The summed E-state index contributed by atoms with van der Waals surface area (Å²) in [6, 6.07) is 6.01. The molecule has 0 atom stereocenters. The summed E-state index contributed by atoms with van der Waals surface area (Å²) in [6.07, 6.45) is 1.40. The summed E-state index contributed by atoms with van der Waals surface area (Å²) < 4.78 is 12.7. The third kappa shape index (κ3) is 2.48. The molecule has 0 fully saturated rings. The zero-order valence-corrected chi connectivity index (χ0v) is 9.24. The standard InChI is InChI=1S/C11H12FN5/c1-7-10(14-6-15-11(7)17-13)16-9-4-2-8(12)3-5-9/h2-6H,13H2,1H3,(H2,14,15,16,17). The van der Waals surface area contributed by atoms with Crippen LogP contribution in [0.2, 0.25) is 0 Å². The largest absolute Gasteiger partial charge is 0.340 e. The fourth-order valence-electron chi connectivity index (χ4n) is 1.39. The Labute approximate surface area is 97.9 Å². The van der Waals surface area contributed by atoms with E-state index in [2.05, 4.69) is 20.7 Å². The van der Waals surface area contributed by atoms with Crippen molar-refractivity contribution < 1.29 is 4.39 Å². The molecule has 0 saturated heterocycles. The Balaban J connectivity index is 2.27. The van der Waals surface area contributed by atoms with Gasteiger partial charge in [-0.05, 0) is 31.2 Å². The van der Waals surface area contributed by atoms with Gasteiger partial charge in [-0.25, -0.2) is 20.2 Å². The number of hydrogen-bond acceptors (Lipinski definition) is 5. The molecule has 0 unspecified atom stereocenters. The van der Waals surface area contributed by atoms with Gasteiger partial charge < -0.3 is 10.7 Å². The fourth-order valence-corrected chi connectivity index (χ4v) is 1.39. The molecule has 1 heterocycles. The average Bonchev–Trinajstić information content (AvgIpc) is 2.35. The highest BCUT2D eigenvalue weighted by atomic mass is 19.1. The first-order valence-electron chi connectivity index (χ1n) is 5.01. The number of aromatic nitrogens is 2. The van der Waals surface area contributed by atoms with Crippen molar-refractivity contribution in [1.29, 1.82) is 0 Å². The molecular formula is C11H12FN5. The summed E-state index contributed by atoms with van der Waals surface area (Å²) in [4.78, 5) is 8.06. The van der Waals surface area contributed by atoms with Gasteiger partial charge in [0.15, 0.2) is 0 Å². The molecule has 0 spiro atoms. The first-order valence-corrected chi connectivity index (χ1v) is 5.01. The molecule has 6 heteroatoms. The van der Waals surface area contributed by atoms with Crippen LogP contribution in [0, 0.1) is 12.7 Å². The Morgan fingerprint density at radius 3 is 2.41 bits per heavy atom. The van der Waals surface area contributed by atoms with E-state index in [1.165, 1.54) is 18.5 Å². The monoisotopic (exact) mass is 233 g/mol. The number of nitrogens with zero attached hydrogens (tertiary/aromatic N) is 2. The predicted octanol–water partition coefficient (Wildman–Crippen LogP) is 1.95. The quantitative estimate of drug-likeness (QED) is 0.558. The summed E-state index contributed by atoms with van der Waals surface area (Å²) in [5.74, 6) is 6.21. The lowest BCUT2D eigenvalue weighted by atomic mass is 10.2. The molecule has 0 aliphatic rings. The summed E-state index contributed by atoms with van der Waals surface area (Å²) in [5.41, 5.74) is 4.02. The smallest absolute Gasteiger partial charge is 0.148 e. The molecule has 2 rings (SSSR count). The van der Waals surface area contributed by atoms with Crippen LogP contribution in [0.4, 0.5) is 21.7 Å². The van der Waals surface area contributed by atoms with Gasteiger partial charge in [-0.1, -0.05) is 0 Å². The van der Waals surface area contributed by atoms with Crippen LogP contribution in [0.5, 0.6) is 0 Å². The van der Waals surface area contributed by atoms with Crippen molar-refractivity contribution >= 4 is 17.3 Å². The molecule has 1 aromatic carbocycles. The molecule has 4 N–H and O–H groups in total. The van der Waals surface area contributed by atoms with Crippen LogP contribution in [-0.2, 0) is 0 Å². The van der Waals surface area contributed by atoms with Crippen LogP contribution in [0.25, 0.3) is 0 Å². The van der Waals surface area contributed by atoms with E-state index in [1.54, 1.807) is 12.1 Å². The first kappa shape index (κ1) is 11.3. The summed E-state index contributed by atoms with van der Waals surface area (Å²) in [6.45, 7) is 1.83. The molecule has 0 radical (unpaired) electrons. The summed E-state index contributed by atoms with van der Waals surface area (Å²) in [5, 5.41) is 3.06. The fraction of sp³-hybridized carbons (Fsp3) is 0.0909. The highest BCUT2D eigenvalue weighted by molar-refractivity contribution is 5.63. The van der Waals surface area contributed by atoms with Crippen molar-refractivity contribution in [3.05, 3.63) is 42.0 Å². The van der Waals surface area contributed by atoms with Gasteiger partial charge in [-0.15, -0.1) is 0 Å². The van der Waals surface area contributed by atoms with E-state index < -0.39 is 0 Å². The van der Waals surface area contributed by atoms with Crippen LogP contribution in [0.1, 0.15) is 5.56 Å². The molecule has 0 amide bonds. The maximum Gasteiger partial charge on any atom is 0.148 e. The Morgan fingerprint density at radius 2 is 1.76 bits per heavy atom. The first-order chi connectivity index (χ1) is 8.20. The maximum atomic E-state index is 12.7. The third-order valence-electron chi connectivity index (χ3n) is 2.33. The van der Waals surface area contributed by atoms with Gasteiger partial charge in [0, 0.05) is 11.3 Å². The third-order valence-corrected chi connectivity index (χ3v) is 2.33. The second-order valence-corrected chi connectivity index (χ2v) is 3.47. The van der Waals surface area contributed by atoms with Gasteiger partial charge in [0.1, 0.15) is 23.8 Å². The molecule has 0 aliphatic heterocycles. The van der Waals surface area contributed by atoms with Crippen LogP contribution in [0.3, 0.4) is 0 Å². The average molecular weight is 233 g/mol. The van der Waals surface area contributed by atoms with Crippen molar-refractivity contribution in [2.24, 2.45) is 5.84 Å². The lowest BCUT2D eigenvalue weighted by molar-refractivity contribution is 0.628. The van der Waals surface area contributed by atoms with E-state index in [-0.39, 0.29) is 5.82 Å². The number of hydrogen-bond donors (Lipinski definition) is 3. The number of benzene rings is 1. The minimum absolute atomic E-state index is 0.278. The molecule has 0 saturated carbocycles. The van der Waals surface area contributed by atoms with E-state index in [0.29, 0.717) is 11.6 Å². The number of halogens is 1. The van der Waals surface area contributed by atoms with Crippen LogP contribution < -0.4 is 16.6 Å². The number of nitrogens with two attached hydrogens (primary N) is 1. The number of nitrogens with one attached hydrogen (secondary N) is 2. The predicted molar refractivity (Wildman–Crippen MR) is 64.3 cm³/mol. The SMILES string of the molecule is Cc1c(NN)ncnc1Nc1ccc(F)cc1. The van der Waals surface area contributed by atoms with Crippen LogP contribution in [-0.4, -0.2) is 9.97 Å². The van der Waals surface area contributed by atoms with Crippen LogP contribution in [0.15, 0.2) is 30.6 Å².